The van der Waals surface area contributed by atoms with Gasteiger partial charge in [-0.2, -0.15) is 0 Å². The molecular weight excluding hydrogens is 224 g/mol. The number of ether oxygens (including phenoxy) is 2. The lowest BCUT2D eigenvalue weighted by molar-refractivity contribution is -0.264. The Morgan fingerprint density at radius 3 is 2.59 bits per heavy atom. The van der Waals surface area contributed by atoms with Crippen molar-refractivity contribution >= 4 is 0 Å². The van der Waals surface area contributed by atoms with Gasteiger partial charge in [-0.15, -0.1) is 0 Å². The van der Waals surface area contributed by atoms with Gasteiger partial charge in [0, 0.05) is 0 Å². The number of hydrogen-bond acceptors (Lipinski definition) is 5. The first-order valence-corrected chi connectivity index (χ1v) is 5.50. The van der Waals surface area contributed by atoms with Gasteiger partial charge in [-0.25, -0.2) is 0 Å². The predicted octanol–water partition coefficient (Wildman–Crippen LogP) is -0.358. The van der Waals surface area contributed by atoms with Crippen LogP contribution < -0.4 is 0 Å². The van der Waals surface area contributed by atoms with E-state index in [2.05, 4.69) is 0 Å². The average Bonchev–Trinajstić information content (AvgIpc) is 2.35. The van der Waals surface area contributed by atoms with Gasteiger partial charge in [0.05, 0.1) is 13.2 Å². The van der Waals surface area contributed by atoms with Crippen LogP contribution in [0.5, 0.6) is 0 Å². The van der Waals surface area contributed by atoms with Gasteiger partial charge >= 0.3 is 0 Å². The molecule has 1 aliphatic heterocycles. The maximum absolute atomic E-state index is 9.63. The smallest absolute Gasteiger partial charge is 0.183 e. The Bertz CT molecular complexity index is 342. The Labute approximate surface area is 99.2 Å². The fourth-order valence-electron chi connectivity index (χ4n) is 1.76. The van der Waals surface area contributed by atoms with E-state index in [4.69, 9.17) is 9.47 Å². The van der Waals surface area contributed by atoms with E-state index in [0.29, 0.717) is 0 Å². The molecule has 0 bridgehead atoms. The third-order valence-electron chi connectivity index (χ3n) is 2.73. The molecule has 1 unspecified atom stereocenters. The highest BCUT2D eigenvalue weighted by molar-refractivity contribution is 5.13. The fraction of sp³-hybridized carbons (Fsp3) is 0.500. The summed E-state index contributed by atoms with van der Waals surface area (Å²) < 4.78 is 10.2. The molecule has 2 rings (SSSR count). The van der Waals surface area contributed by atoms with Crippen molar-refractivity contribution in [2.75, 3.05) is 6.61 Å². The van der Waals surface area contributed by atoms with Gasteiger partial charge in [0.1, 0.15) is 18.3 Å². The largest absolute Gasteiger partial charge is 0.388 e. The molecular formula is C12H16O5. The van der Waals surface area contributed by atoms with Crippen LogP contribution in [0, 0.1) is 0 Å². The van der Waals surface area contributed by atoms with Crippen LogP contribution in [-0.2, 0) is 16.1 Å². The summed E-state index contributed by atoms with van der Waals surface area (Å²) in [5.74, 6) is 0. The van der Waals surface area contributed by atoms with Gasteiger partial charge < -0.3 is 24.8 Å². The molecule has 3 N–H and O–H groups in total. The summed E-state index contributed by atoms with van der Waals surface area (Å²) in [6.45, 7) is 0.226. The van der Waals surface area contributed by atoms with Gasteiger partial charge in [0.15, 0.2) is 6.29 Å². The van der Waals surface area contributed by atoms with E-state index in [1.54, 1.807) is 0 Å². The topological polar surface area (TPSA) is 79.2 Å². The van der Waals surface area contributed by atoms with E-state index in [0.717, 1.165) is 5.56 Å². The molecule has 1 aromatic rings. The van der Waals surface area contributed by atoms with Gasteiger partial charge in [0.25, 0.3) is 0 Å². The lowest BCUT2D eigenvalue weighted by Crippen LogP contribution is -2.53. The minimum absolute atomic E-state index is 0.0440. The Kier molecular flexibility index (Phi) is 4.09. The summed E-state index contributed by atoms with van der Waals surface area (Å²) in [7, 11) is 0. The van der Waals surface area contributed by atoms with Crippen LogP contribution in [0.3, 0.4) is 0 Å². The van der Waals surface area contributed by atoms with Crippen molar-refractivity contribution in [1.29, 1.82) is 0 Å². The zero-order valence-electron chi connectivity index (χ0n) is 9.27. The van der Waals surface area contributed by atoms with Crippen LogP contribution in [0.15, 0.2) is 30.3 Å². The lowest BCUT2D eigenvalue weighted by atomic mass is 10.1. The fourth-order valence-corrected chi connectivity index (χ4v) is 1.76. The van der Waals surface area contributed by atoms with Crippen LogP contribution in [0.1, 0.15) is 5.56 Å². The molecule has 1 heterocycles. The molecule has 1 fully saturated rings. The minimum Gasteiger partial charge on any atom is -0.388 e. The van der Waals surface area contributed by atoms with E-state index < -0.39 is 24.6 Å². The molecule has 0 aromatic heterocycles. The quantitative estimate of drug-likeness (QED) is 0.672. The number of rotatable bonds is 3. The van der Waals surface area contributed by atoms with E-state index in [9.17, 15) is 15.3 Å². The standard InChI is InChI=1S/C12H16O5/c13-9-7-17-12(15)10(14)11(9)16-6-8-4-2-1-3-5-8/h1-5,9-15H,6-7H2/t9-,10-,11+,12?/m1/s1. The van der Waals surface area contributed by atoms with E-state index >= 15 is 0 Å². The molecule has 0 aliphatic carbocycles. The Morgan fingerprint density at radius 1 is 1.18 bits per heavy atom. The zero-order chi connectivity index (χ0) is 12.3. The molecule has 94 valence electrons. The van der Waals surface area contributed by atoms with Crippen molar-refractivity contribution in [3.8, 4) is 0 Å². The van der Waals surface area contributed by atoms with Gasteiger partial charge in [0.2, 0.25) is 0 Å². The zero-order valence-corrected chi connectivity index (χ0v) is 9.27. The van der Waals surface area contributed by atoms with Crippen LogP contribution in [0.25, 0.3) is 0 Å². The molecule has 0 radical (unpaired) electrons. The van der Waals surface area contributed by atoms with E-state index in [1.807, 2.05) is 30.3 Å². The molecule has 1 aromatic carbocycles. The summed E-state index contributed by atoms with van der Waals surface area (Å²) in [6, 6.07) is 9.42. The van der Waals surface area contributed by atoms with Crippen molar-refractivity contribution in [1.82, 2.24) is 0 Å². The number of benzene rings is 1. The van der Waals surface area contributed by atoms with Crippen LogP contribution in [0.2, 0.25) is 0 Å². The summed E-state index contributed by atoms with van der Waals surface area (Å²) in [6.07, 6.45) is -4.31. The minimum atomic E-state index is -1.31. The third kappa shape index (κ3) is 3.02. The molecule has 1 saturated heterocycles. The van der Waals surface area contributed by atoms with Gasteiger partial charge in [-0.1, -0.05) is 30.3 Å². The maximum Gasteiger partial charge on any atom is 0.183 e. The Balaban J connectivity index is 1.93. The van der Waals surface area contributed by atoms with Gasteiger partial charge in [-0.05, 0) is 5.56 Å². The summed E-state index contributed by atoms with van der Waals surface area (Å²) in [5, 5.41) is 28.5. The highest BCUT2D eigenvalue weighted by atomic mass is 16.6. The Hall–Kier alpha value is -0.980. The summed E-state index contributed by atoms with van der Waals surface area (Å²) >= 11 is 0. The second-order valence-corrected chi connectivity index (χ2v) is 4.04. The highest BCUT2D eigenvalue weighted by Crippen LogP contribution is 2.18. The van der Waals surface area contributed by atoms with E-state index in [-0.39, 0.29) is 13.2 Å². The molecule has 4 atom stereocenters. The average molecular weight is 240 g/mol. The monoisotopic (exact) mass is 240 g/mol. The molecule has 5 nitrogen and oxygen atoms in total. The van der Waals surface area contributed by atoms with Crippen molar-refractivity contribution in [3.05, 3.63) is 35.9 Å². The van der Waals surface area contributed by atoms with E-state index in [1.165, 1.54) is 0 Å². The second-order valence-electron chi connectivity index (χ2n) is 4.04. The first-order valence-electron chi connectivity index (χ1n) is 5.50. The normalized spacial score (nSPS) is 33.6. The summed E-state index contributed by atoms with van der Waals surface area (Å²) in [5.41, 5.74) is 0.938. The first-order chi connectivity index (χ1) is 8.18. The molecule has 0 amide bonds. The number of aliphatic hydroxyl groups excluding tert-OH is 3. The highest BCUT2D eigenvalue weighted by Gasteiger charge is 2.38. The summed E-state index contributed by atoms with van der Waals surface area (Å²) in [4.78, 5) is 0. The second kappa shape index (κ2) is 5.57. The molecule has 0 spiro atoms. The molecule has 5 heteroatoms. The first kappa shape index (κ1) is 12.5. The lowest BCUT2D eigenvalue weighted by Gasteiger charge is -2.35. The van der Waals surface area contributed by atoms with Crippen LogP contribution in [-0.4, -0.2) is 46.5 Å². The van der Waals surface area contributed by atoms with Crippen molar-refractivity contribution < 1.29 is 24.8 Å². The predicted molar refractivity (Wildman–Crippen MR) is 59.0 cm³/mol. The van der Waals surface area contributed by atoms with Crippen molar-refractivity contribution in [2.45, 2.75) is 31.2 Å². The number of hydrogen-bond donors (Lipinski definition) is 3. The Morgan fingerprint density at radius 2 is 1.88 bits per heavy atom. The molecule has 17 heavy (non-hydrogen) atoms. The van der Waals surface area contributed by atoms with Crippen molar-refractivity contribution in [3.63, 3.8) is 0 Å². The maximum atomic E-state index is 9.63. The van der Waals surface area contributed by atoms with Crippen molar-refractivity contribution in [2.24, 2.45) is 0 Å². The molecule has 1 aliphatic rings. The molecule has 0 saturated carbocycles. The SMILES string of the molecule is OC1OC[C@@H](O)[C@H](OCc2ccccc2)[C@H]1O. The van der Waals surface area contributed by atoms with Crippen LogP contribution >= 0.6 is 0 Å². The van der Waals surface area contributed by atoms with Crippen LogP contribution in [0.4, 0.5) is 0 Å². The third-order valence-corrected chi connectivity index (χ3v) is 2.73. The number of aliphatic hydroxyl groups is 3. The van der Waals surface area contributed by atoms with Gasteiger partial charge in [-0.3, -0.25) is 0 Å².